The number of carbonyl (C=O) groups is 1. The molecule has 162 valence electrons. The third kappa shape index (κ3) is 5.27. The van der Waals surface area contributed by atoms with Crippen LogP contribution in [0.4, 0.5) is 23.2 Å². The predicted octanol–water partition coefficient (Wildman–Crippen LogP) is 4.28. The number of rotatable bonds is 7. The van der Waals surface area contributed by atoms with Crippen LogP contribution in [0.1, 0.15) is 22.3 Å². The van der Waals surface area contributed by atoms with E-state index in [2.05, 4.69) is 10.4 Å². The lowest BCUT2D eigenvalue weighted by atomic mass is 10.1. The standard InChI is InChI=1S/C21H17F4N3O3/c1-28-10-15(21(30)26-13-8-6-12(7-9-13)20(24)25)19(29)18(27-28)14-4-2-3-5-16(14)31-11-17(22)23/h2-10,17,20H,11H2,1H3,(H,26,30). The summed E-state index contributed by atoms with van der Waals surface area (Å²) in [6.07, 6.45) is -4.15. The van der Waals surface area contributed by atoms with Crippen molar-refractivity contribution < 1.29 is 27.1 Å². The monoisotopic (exact) mass is 435 g/mol. The first-order chi connectivity index (χ1) is 14.8. The van der Waals surface area contributed by atoms with E-state index < -0.39 is 30.8 Å². The lowest BCUT2D eigenvalue weighted by Crippen LogP contribution is -2.26. The largest absolute Gasteiger partial charge is 0.487 e. The van der Waals surface area contributed by atoms with Gasteiger partial charge in [-0.1, -0.05) is 24.3 Å². The Balaban J connectivity index is 1.94. The van der Waals surface area contributed by atoms with Gasteiger partial charge in [-0.2, -0.15) is 5.10 Å². The summed E-state index contributed by atoms with van der Waals surface area (Å²) in [5.74, 6) is -0.757. The third-order valence-electron chi connectivity index (χ3n) is 4.21. The first-order valence-electron chi connectivity index (χ1n) is 9.04. The van der Waals surface area contributed by atoms with Gasteiger partial charge in [0.25, 0.3) is 18.8 Å². The number of alkyl halides is 4. The van der Waals surface area contributed by atoms with E-state index >= 15 is 0 Å². The fourth-order valence-electron chi connectivity index (χ4n) is 2.79. The Hall–Kier alpha value is -3.69. The maximum atomic E-state index is 12.9. The Morgan fingerprint density at radius 3 is 2.42 bits per heavy atom. The minimum Gasteiger partial charge on any atom is -0.487 e. The molecule has 0 fully saturated rings. The van der Waals surface area contributed by atoms with Crippen LogP contribution in [0, 0.1) is 0 Å². The van der Waals surface area contributed by atoms with E-state index in [1.165, 1.54) is 42.2 Å². The summed E-state index contributed by atoms with van der Waals surface area (Å²) < 4.78 is 56.7. The Labute approximate surface area is 174 Å². The number of ether oxygens (including phenoxy) is 1. The molecule has 0 aliphatic heterocycles. The van der Waals surface area contributed by atoms with Crippen molar-refractivity contribution in [2.24, 2.45) is 7.05 Å². The molecule has 0 aliphatic rings. The van der Waals surface area contributed by atoms with Crippen molar-refractivity contribution in [2.45, 2.75) is 12.9 Å². The van der Waals surface area contributed by atoms with Gasteiger partial charge in [0.05, 0.1) is 0 Å². The number of amides is 1. The second-order valence-electron chi connectivity index (χ2n) is 6.47. The summed E-state index contributed by atoms with van der Waals surface area (Å²) >= 11 is 0. The lowest BCUT2D eigenvalue weighted by molar-refractivity contribution is 0.0821. The average molecular weight is 435 g/mol. The van der Waals surface area contributed by atoms with Gasteiger partial charge in [0.1, 0.15) is 23.6 Å². The van der Waals surface area contributed by atoms with Crippen molar-refractivity contribution in [3.63, 3.8) is 0 Å². The van der Waals surface area contributed by atoms with E-state index in [1.807, 2.05) is 0 Å². The van der Waals surface area contributed by atoms with Gasteiger partial charge in [0, 0.05) is 30.1 Å². The zero-order valence-corrected chi connectivity index (χ0v) is 16.2. The van der Waals surface area contributed by atoms with E-state index in [0.29, 0.717) is 0 Å². The molecule has 31 heavy (non-hydrogen) atoms. The number of aromatic nitrogens is 2. The van der Waals surface area contributed by atoms with Gasteiger partial charge in [0.15, 0.2) is 0 Å². The van der Waals surface area contributed by atoms with E-state index in [4.69, 9.17) is 4.74 Å². The lowest BCUT2D eigenvalue weighted by Gasteiger charge is -2.12. The van der Waals surface area contributed by atoms with Crippen LogP contribution < -0.4 is 15.5 Å². The summed E-state index contributed by atoms with van der Waals surface area (Å²) in [7, 11) is 1.49. The van der Waals surface area contributed by atoms with Crippen molar-refractivity contribution in [2.75, 3.05) is 11.9 Å². The van der Waals surface area contributed by atoms with Gasteiger partial charge in [-0.25, -0.2) is 17.6 Å². The molecule has 0 radical (unpaired) electrons. The number of hydrogen-bond acceptors (Lipinski definition) is 4. The van der Waals surface area contributed by atoms with Gasteiger partial charge < -0.3 is 10.1 Å². The van der Waals surface area contributed by atoms with Crippen LogP contribution in [-0.4, -0.2) is 28.7 Å². The van der Waals surface area contributed by atoms with Crippen LogP contribution in [0.15, 0.2) is 59.5 Å². The number of aryl methyl sites for hydroxylation is 1. The van der Waals surface area contributed by atoms with Gasteiger partial charge in [-0.3, -0.25) is 14.3 Å². The van der Waals surface area contributed by atoms with Crippen LogP contribution >= 0.6 is 0 Å². The molecule has 0 aliphatic carbocycles. The molecular formula is C21H17F4N3O3. The first kappa shape index (κ1) is 22.0. The summed E-state index contributed by atoms with van der Waals surface area (Å²) in [5, 5.41) is 6.56. The van der Waals surface area contributed by atoms with Crippen molar-refractivity contribution in [1.29, 1.82) is 0 Å². The molecule has 10 heteroatoms. The molecule has 6 nitrogen and oxygen atoms in total. The molecule has 3 aromatic rings. The highest BCUT2D eigenvalue weighted by molar-refractivity contribution is 6.04. The topological polar surface area (TPSA) is 73.2 Å². The molecule has 0 atom stereocenters. The molecular weight excluding hydrogens is 418 g/mol. The minimum atomic E-state index is -2.71. The Kier molecular flexibility index (Phi) is 6.68. The number of halogens is 4. The maximum absolute atomic E-state index is 12.9. The van der Waals surface area contributed by atoms with E-state index in [1.54, 1.807) is 12.1 Å². The van der Waals surface area contributed by atoms with E-state index in [9.17, 15) is 27.2 Å². The molecule has 1 N–H and O–H groups in total. The summed E-state index contributed by atoms with van der Waals surface area (Å²) in [6, 6.07) is 10.9. The molecule has 3 rings (SSSR count). The van der Waals surface area contributed by atoms with Crippen LogP contribution in [0.25, 0.3) is 11.3 Å². The molecule has 1 heterocycles. The number of nitrogens with one attached hydrogen (secondary N) is 1. The molecule has 0 saturated heterocycles. The minimum absolute atomic E-state index is 0.0209. The normalized spacial score (nSPS) is 11.1. The fourth-order valence-corrected chi connectivity index (χ4v) is 2.79. The van der Waals surface area contributed by atoms with Crippen LogP contribution in [0.5, 0.6) is 5.75 Å². The second-order valence-corrected chi connectivity index (χ2v) is 6.47. The average Bonchev–Trinajstić information content (AvgIpc) is 2.74. The number of anilines is 1. The highest BCUT2D eigenvalue weighted by atomic mass is 19.3. The van der Waals surface area contributed by atoms with Gasteiger partial charge in [-0.05, 0) is 24.3 Å². The second kappa shape index (κ2) is 9.41. The van der Waals surface area contributed by atoms with Crippen molar-refractivity contribution >= 4 is 11.6 Å². The SMILES string of the molecule is Cn1cc(C(=O)Nc2ccc(C(F)F)cc2)c(=O)c(-c2ccccc2OCC(F)F)n1. The molecule has 1 aromatic heterocycles. The molecule has 0 bridgehead atoms. The van der Waals surface area contributed by atoms with Crippen LogP contribution in [-0.2, 0) is 7.05 Å². The highest BCUT2D eigenvalue weighted by Gasteiger charge is 2.20. The predicted molar refractivity (Wildman–Crippen MR) is 106 cm³/mol. The first-order valence-corrected chi connectivity index (χ1v) is 9.04. The van der Waals surface area contributed by atoms with E-state index in [0.717, 1.165) is 12.1 Å². The number of nitrogens with zero attached hydrogens (tertiary/aromatic N) is 2. The molecule has 1 amide bonds. The number of benzene rings is 2. The number of hydrogen-bond donors (Lipinski definition) is 1. The molecule has 0 saturated carbocycles. The number of carbonyl (C=O) groups excluding carboxylic acids is 1. The zero-order chi connectivity index (χ0) is 22.5. The van der Waals surface area contributed by atoms with Crippen molar-refractivity contribution in [1.82, 2.24) is 9.78 Å². The maximum Gasteiger partial charge on any atom is 0.272 e. The summed E-state index contributed by atoms with van der Waals surface area (Å²) in [5.41, 5.74) is -1.01. The third-order valence-corrected chi connectivity index (χ3v) is 4.21. The Morgan fingerprint density at radius 2 is 1.77 bits per heavy atom. The van der Waals surface area contributed by atoms with Gasteiger partial charge in [0.2, 0.25) is 5.43 Å². The summed E-state index contributed by atoms with van der Waals surface area (Å²) in [6.45, 7) is -0.869. The zero-order valence-electron chi connectivity index (χ0n) is 16.2. The molecule has 0 spiro atoms. The van der Waals surface area contributed by atoms with Crippen molar-refractivity contribution in [3.05, 3.63) is 76.1 Å². The quantitative estimate of drug-likeness (QED) is 0.563. The smallest absolute Gasteiger partial charge is 0.272 e. The molecule has 0 unspecified atom stereocenters. The summed E-state index contributed by atoms with van der Waals surface area (Å²) in [4.78, 5) is 25.6. The van der Waals surface area contributed by atoms with Gasteiger partial charge >= 0.3 is 0 Å². The Morgan fingerprint density at radius 1 is 1.10 bits per heavy atom. The Bertz CT molecular complexity index is 1130. The van der Waals surface area contributed by atoms with Crippen molar-refractivity contribution in [3.8, 4) is 17.0 Å². The molecule has 2 aromatic carbocycles. The van der Waals surface area contributed by atoms with Gasteiger partial charge in [-0.15, -0.1) is 0 Å². The highest BCUT2D eigenvalue weighted by Crippen LogP contribution is 2.27. The van der Waals surface area contributed by atoms with Crippen LogP contribution in [0.3, 0.4) is 0 Å². The number of para-hydroxylation sites is 1. The van der Waals surface area contributed by atoms with E-state index in [-0.39, 0.29) is 33.8 Å². The fraction of sp³-hybridized carbons (Fsp3) is 0.190. The van der Waals surface area contributed by atoms with Crippen LogP contribution in [0.2, 0.25) is 0 Å².